The fourth-order valence-corrected chi connectivity index (χ4v) is 3.04. The van der Waals surface area contributed by atoms with Crippen LogP contribution in [0.1, 0.15) is 32.6 Å². The highest BCUT2D eigenvalue weighted by Crippen LogP contribution is 2.26. The summed E-state index contributed by atoms with van der Waals surface area (Å²) in [6, 6.07) is 2.07. The summed E-state index contributed by atoms with van der Waals surface area (Å²) in [4.78, 5) is 13.7. The quantitative estimate of drug-likeness (QED) is 0.689. The van der Waals surface area contributed by atoms with Crippen molar-refractivity contribution in [2.24, 2.45) is 0 Å². The maximum absolute atomic E-state index is 12.0. The molecule has 0 N–H and O–H groups in total. The Morgan fingerprint density at radius 1 is 1.60 bits per heavy atom. The minimum Gasteiger partial charge on any atom is -0.328 e. The Labute approximate surface area is 95.8 Å². The molecule has 15 heavy (non-hydrogen) atoms. The van der Waals surface area contributed by atoms with Crippen molar-refractivity contribution in [2.45, 2.75) is 37.9 Å². The number of carbonyl (C=O) groups is 1. The first-order valence-corrected chi connectivity index (χ1v) is 6.61. The van der Waals surface area contributed by atoms with Gasteiger partial charge in [0.25, 0.3) is 0 Å². The molecule has 1 aliphatic rings. The molecule has 84 valence electrons. The van der Waals surface area contributed by atoms with Gasteiger partial charge < -0.3 is 4.90 Å². The Hall–Kier alpha value is -0.690. The topological polar surface area (TPSA) is 44.1 Å². The second-order valence-corrected chi connectivity index (χ2v) is 5.08. The zero-order chi connectivity index (χ0) is 11.1. The highest BCUT2D eigenvalue weighted by Gasteiger charge is 2.25. The third-order valence-electron chi connectivity index (χ3n) is 2.52. The van der Waals surface area contributed by atoms with Gasteiger partial charge in [0.1, 0.15) is 6.54 Å². The summed E-state index contributed by atoms with van der Waals surface area (Å²) < 4.78 is 0. The predicted octanol–water partition coefficient (Wildman–Crippen LogP) is 2.03. The lowest BCUT2D eigenvalue weighted by molar-refractivity contribution is -0.130. The van der Waals surface area contributed by atoms with Crippen LogP contribution >= 0.6 is 11.8 Å². The Morgan fingerprint density at radius 3 is 2.93 bits per heavy atom. The molecule has 0 bridgehead atoms. The van der Waals surface area contributed by atoms with Crippen LogP contribution in [-0.2, 0) is 4.79 Å². The summed E-state index contributed by atoms with van der Waals surface area (Å²) in [5.41, 5.74) is 0. The molecule has 0 aromatic rings. The first kappa shape index (κ1) is 12.4. The number of thioether (sulfide) groups is 1. The van der Waals surface area contributed by atoms with E-state index in [2.05, 4.69) is 6.07 Å². The van der Waals surface area contributed by atoms with E-state index in [1.807, 2.05) is 6.92 Å². The molecule has 0 saturated carbocycles. The van der Waals surface area contributed by atoms with E-state index in [0.29, 0.717) is 6.54 Å². The van der Waals surface area contributed by atoms with Gasteiger partial charge in [-0.2, -0.15) is 5.26 Å². The van der Waals surface area contributed by atoms with Gasteiger partial charge in [-0.15, -0.1) is 11.8 Å². The molecule has 1 heterocycles. The van der Waals surface area contributed by atoms with Gasteiger partial charge in [0, 0.05) is 6.54 Å². The van der Waals surface area contributed by atoms with Gasteiger partial charge in [-0.05, 0) is 25.0 Å². The van der Waals surface area contributed by atoms with Crippen molar-refractivity contribution in [3.8, 4) is 6.07 Å². The number of hydrogen-bond donors (Lipinski definition) is 0. The van der Waals surface area contributed by atoms with E-state index in [-0.39, 0.29) is 17.7 Å². The van der Waals surface area contributed by atoms with Crippen molar-refractivity contribution >= 4 is 17.7 Å². The zero-order valence-electron chi connectivity index (χ0n) is 9.24. The molecule has 1 aliphatic heterocycles. The number of amides is 1. The molecule has 0 aromatic carbocycles. The van der Waals surface area contributed by atoms with Crippen LogP contribution < -0.4 is 0 Å². The maximum Gasteiger partial charge on any atom is 0.236 e. The van der Waals surface area contributed by atoms with E-state index in [1.54, 1.807) is 16.7 Å². The standard InChI is InChI=1S/C11H18N2OS/c1-2-7-13(8-6-12)11(14)10-5-3-4-9-15-10/h10H,2-5,7-9H2,1H3. The molecule has 4 heteroatoms. The van der Waals surface area contributed by atoms with E-state index in [9.17, 15) is 4.79 Å². The first-order valence-electron chi connectivity index (χ1n) is 5.57. The largest absolute Gasteiger partial charge is 0.328 e. The smallest absolute Gasteiger partial charge is 0.236 e. The number of carbonyl (C=O) groups excluding carboxylic acids is 1. The van der Waals surface area contributed by atoms with Crippen LogP contribution in [-0.4, -0.2) is 34.9 Å². The monoisotopic (exact) mass is 226 g/mol. The summed E-state index contributed by atoms with van der Waals surface area (Å²) in [7, 11) is 0. The van der Waals surface area contributed by atoms with Crippen LogP contribution in [0.25, 0.3) is 0 Å². The summed E-state index contributed by atoms with van der Waals surface area (Å²) in [5.74, 6) is 1.26. The van der Waals surface area contributed by atoms with Crippen LogP contribution in [0.15, 0.2) is 0 Å². The molecule has 1 amide bonds. The average molecular weight is 226 g/mol. The molecule has 0 radical (unpaired) electrons. The van der Waals surface area contributed by atoms with E-state index in [1.165, 1.54) is 6.42 Å². The Balaban J connectivity index is 2.50. The highest BCUT2D eigenvalue weighted by atomic mass is 32.2. The van der Waals surface area contributed by atoms with Gasteiger partial charge in [0.2, 0.25) is 5.91 Å². The molecule has 3 nitrogen and oxygen atoms in total. The lowest BCUT2D eigenvalue weighted by Gasteiger charge is -2.26. The molecular weight excluding hydrogens is 208 g/mol. The summed E-state index contributed by atoms with van der Waals surface area (Å²) >= 11 is 1.75. The Kier molecular flexibility index (Phi) is 5.56. The second-order valence-electron chi connectivity index (χ2n) is 3.77. The number of nitriles is 1. The maximum atomic E-state index is 12.0. The van der Waals surface area contributed by atoms with Gasteiger partial charge >= 0.3 is 0 Å². The van der Waals surface area contributed by atoms with Crippen molar-refractivity contribution in [3.63, 3.8) is 0 Å². The van der Waals surface area contributed by atoms with Gasteiger partial charge in [-0.25, -0.2) is 0 Å². The fourth-order valence-electron chi connectivity index (χ4n) is 1.76. The number of nitrogens with zero attached hydrogens (tertiary/aromatic N) is 2. The first-order chi connectivity index (χ1) is 7.29. The Morgan fingerprint density at radius 2 is 2.40 bits per heavy atom. The van der Waals surface area contributed by atoms with E-state index in [0.717, 1.165) is 25.0 Å². The third-order valence-corrected chi connectivity index (χ3v) is 3.89. The molecule has 1 fully saturated rings. The average Bonchev–Trinajstić information content (AvgIpc) is 2.29. The van der Waals surface area contributed by atoms with Crippen LogP contribution in [0.4, 0.5) is 0 Å². The minimum absolute atomic E-state index is 0.110. The van der Waals surface area contributed by atoms with Gasteiger partial charge in [0.15, 0.2) is 0 Å². The molecule has 1 saturated heterocycles. The molecule has 0 spiro atoms. The molecule has 1 rings (SSSR count). The van der Waals surface area contributed by atoms with Gasteiger partial charge in [-0.1, -0.05) is 13.3 Å². The third kappa shape index (κ3) is 3.75. The lowest BCUT2D eigenvalue weighted by Crippen LogP contribution is -2.39. The minimum atomic E-state index is 0.110. The van der Waals surface area contributed by atoms with Crippen LogP contribution in [0, 0.1) is 11.3 Å². The van der Waals surface area contributed by atoms with E-state index in [4.69, 9.17) is 5.26 Å². The van der Waals surface area contributed by atoms with Crippen molar-refractivity contribution in [1.82, 2.24) is 4.90 Å². The van der Waals surface area contributed by atoms with Crippen LogP contribution in [0.2, 0.25) is 0 Å². The SMILES string of the molecule is CCCN(CC#N)C(=O)C1CCCCS1. The molecule has 1 unspecified atom stereocenters. The van der Waals surface area contributed by atoms with E-state index < -0.39 is 0 Å². The van der Waals surface area contributed by atoms with Crippen LogP contribution in [0.5, 0.6) is 0 Å². The molecule has 0 aliphatic carbocycles. The van der Waals surface area contributed by atoms with E-state index >= 15 is 0 Å². The van der Waals surface area contributed by atoms with Crippen molar-refractivity contribution in [2.75, 3.05) is 18.8 Å². The fraction of sp³-hybridized carbons (Fsp3) is 0.818. The molecular formula is C11H18N2OS. The molecule has 1 atom stereocenters. The van der Waals surface area contributed by atoms with Gasteiger partial charge in [-0.3, -0.25) is 4.79 Å². The highest BCUT2D eigenvalue weighted by molar-refractivity contribution is 8.00. The summed E-state index contributed by atoms with van der Waals surface area (Å²) in [6.45, 7) is 2.98. The van der Waals surface area contributed by atoms with Crippen molar-refractivity contribution in [3.05, 3.63) is 0 Å². The second kappa shape index (κ2) is 6.73. The van der Waals surface area contributed by atoms with Crippen molar-refractivity contribution in [1.29, 1.82) is 5.26 Å². The number of rotatable bonds is 4. The zero-order valence-corrected chi connectivity index (χ0v) is 10.1. The Bertz CT molecular complexity index is 243. The molecule has 0 aromatic heterocycles. The number of hydrogen-bond acceptors (Lipinski definition) is 3. The van der Waals surface area contributed by atoms with Crippen molar-refractivity contribution < 1.29 is 4.79 Å². The van der Waals surface area contributed by atoms with Gasteiger partial charge in [0.05, 0.1) is 11.3 Å². The predicted molar refractivity (Wildman–Crippen MR) is 62.6 cm³/mol. The summed E-state index contributed by atoms with van der Waals surface area (Å²) in [6.07, 6.45) is 4.27. The normalized spacial score (nSPS) is 20.7. The lowest BCUT2D eigenvalue weighted by atomic mass is 10.1. The summed E-state index contributed by atoms with van der Waals surface area (Å²) in [5, 5.41) is 8.77. The van der Waals surface area contributed by atoms with Crippen LogP contribution in [0.3, 0.4) is 0 Å².